The van der Waals surface area contributed by atoms with Gasteiger partial charge < -0.3 is 14.3 Å². The molecule has 0 radical (unpaired) electrons. The highest BCUT2D eigenvalue weighted by Gasteiger charge is 2.22. The summed E-state index contributed by atoms with van der Waals surface area (Å²) in [6, 6.07) is 5.71. The van der Waals surface area contributed by atoms with Gasteiger partial charge in [0.1, 0.15) is 17.7 Å². The second-order valence-electron chi connectivity index (χ2n) is 5.97. The summed E-state index contributed by atoms with van der Waals surface area (Å²) in [6.45, 7) is 5.78. The molecule has 2 heterocycles. The molecule has 0 saturated carbocycles. The SMILES string of the molecule is COc1ccc2c(C)c(-c3ncnn3CC(C)(C)O)oc2c1. The first-order valence-corrected chi connectivity index (χ1v) is 7.07. The molecule has 116 valence electrons. The largest absolute Gasteiger partial charge is 0.497 e. The molecule has 0 atom stereocenters. The molecular formula is C16H19N3O3. The molecule has 1 N–H and O–H groups in total. The Hall–Kier alpha value is -2.34. The quantitative estimate of drug-likeness (QED) is 0.802. The first kappa shape index (κ1) is 14.6. The summed E-state index contributed by atoms with van der Waals surface area (Å²) in [5.41, 5.74) is 0.846. The predicted molar refractivity (Wildman–Crippen MR) is 82.8 cm³/mol. The highest BCUT2D eigenvalue weighted by molar-refractivity contribution is 5.87. The van der Waals surface area contributed by atoms with Gasteiger partial charge in [0.05, 0.1) is 19.3 Å². The number of hydrogen-bond acceptors (Lipinski definition) is 5. The van der Waals surface area contributed by atoms with E-state index in [1.165, 1.54) is 6.33 Å². The van der Waals surface area contributed by atoms with E-state index in [0.717, 1.165) is 22.3 Å². The zero-order valence-electron chi connectivity index (χ0n) is 13.1. The van der Waals surface area contributed by atoms with Crippen LogP contribution in [0.1, 0.15) is 19.4 Å². The fourth-order valence-electron chi connectivity index (χ4n) is 2.47. The first-order valence-electron chi connectivity index (χ1n) is 7.07. The van der Waals surface area contributed by atoms with E-state index >= 15 is 0 Å². The standard InChI is InChI=1S/C16H19N3O3/c1-10-12-6-5-11(21-4)7-13(12)22-14(10)15-17-9-18-19(15)8-16(2,3)20/h5-7,9,20H,8H2,1-4H3. The van der Waals surface area contributed by atoms with Crippen LogP contribution in [-0.2, 0) is 6.54 Å². The van der Waals surface area contributed by atoms with Crippen molar-refractivity contribution in [3.63, 3.8) is 0 Å². The van der Waals surface area contributed by atoms with Crippen molar-refractivity contribution in [1.82, 2.24) is 14.8 Å². The molecule has 3 aromatic rings. The number of furan rings is 1. The maximum absolute atomic E-state index is 10.0. The fraction of sp³-hybridized carbons (Fsp3) is 0.375. The first-order chi connectivity index (χ1) is 10.4. The summed E-state index contributed by atoms with van der Waals surface area (Å²) < 4.78 is 12.8. The third-order valence-electron chi connectivity index (χ3n) is 3.50. The Morgan fingerprint density at radius 1 is 1.36 bits per heavy atom. The summed E-state index contributed by atoms with van der Waals surface area (Å²) in [5, 5.41) is 15.2. The maximum atomic E-state index is 10.0. The third kappa shape index (κ3) is 2.57. The molecule has 0 amide bonds. The second-order valence-corrected chi connectivity index (χ2v) is 5.97. The van der Waals surface area contributed by atoms with Gasteiger partial charge in [0, 0.05) is 17.0 Å². The molecule has 2 aromatic heterocycles. The van der Waals surface area contributed by atoms with Gasteiger partial charge in [0.2, 0.25) is 0 Å². The summed E-state index contributed by atoms with van der Waals surface area (Å²) in [6.07, 6.45) is 1.47. The number of fused-ring (bicyclic) bond motifs is 1. The lowest BCUT2D eigenvalue weighted by Gasteiger charge is -2.17. The van der Waals surface area contributed by atoms with Gasteiger partial charge in [-0.1, -0.05) is 0 Å². The predicted octanol–water partition coefficient (Wildman–Crippen LogP) is 2.78. The molecule has 0 saturated heterocycles. The van der Waals surface area contributed by atoms with Crippen molar-refractivity contribution in [2.45, 2.75) is 32.9 Å². The molecule has 3 rings (SSSR count). The number of ether oxygens (including phenoxy) is 1. The molecule has 0 unspecified atom stereocenters. The van der Waals surface area contributed by atoms with E-state index in [1.54, 1.807) is 25.6 Å². The lowest BCUT2D eigenvalue weighted by molar-refractivity contribution is 0.0581. The van der Waals surface area contributed by atoms with E-state index in [1.807, 2.05) is 25.1 Å². The van der Waals surface area contributed by atoms with Crippen molar-refractivity contribution >= 4 is 11.0 Å². The fourth-order valence-corrected chi connectivity index (χ4v) is 2.47. The Bertz CT molecular complexity index is 812. The minimum absolute atomic E-state index is 0.335. The molecule has 6 heteroatoms. The van der Waals surface area contributed by atoms with Gasteiger partial charge in [-0.25, -0.2) is 9.67 Å². The lowest BCUT2D eigenvalue weighted by atomic mass is 10.1. The summed E-state index contributed by atoms with van der Waals surface area (Å²) >= 11 is 0. The van der Waals surface area contributed by atoms with Crippen LogP contribution in [0.25, 0.3) is 22.6 Å². The van der Waals surface area contributed by atoms with Crippen LogP contribution in [0, 0.1) is 6.92 Å². The number of aryl methyl sites for hydroxylation is 1. The number of nitrogens with zero attached hydrogens (tertiary/aromatic N) is 3. The number of methoxy groups -OCH3 is 1. The van der Waals surface area contributed by atoms with Crippen LogP contribution in [0.4, 0.5) is 0 Å². The minimum Gasteiger partial charge on any atom is -0.497 e. The van der Waals surface area contributed by atoms with Crippen molar-refractivity contribution < 1.29 is 14.3 Å². The number of benzene rings is 1. The van der Waals surface area contributed by atoms with Gasteiger partial charge >= 0.3 is 0 Å². The molecule has 6 nitrogen and oxygen atoms in total. The molecule has 22 heavy (non-hydrogen) atoms. The Labute approximate surface area is 128 Å². The number of hydrogen-bond donors (Lipinski definition) is 1. The molecule has 0 bridgehead atoms. The summed E-state index contributed by atoms with van der Waals surface area (Å²) in [7, 11) is 1.62. The van der Waals surface area contributed by atoms with Gasteiger partial charge in [-0.2, -0.15) is 5.10 Å². The van der Waals surface area contributed by atoms with Crippen LogP contribution in [0.5, 0.6) is 5.75 Å². The lowest BCUT2D eigenvalue weighted by Crippen LogP contribution is -2.27. The minimum atomic E-state index is -0.883. The van der Waals surface area contributed by atoms with Gasteiger partial charge in [0.25, 0.3) is 0 Å². The maximum Gasteiger partial charge on any atom is 0.194 e. The molecule has 1 aromatic carbocycles. The Balaban J connectivity index is 2.11. The monoisotopic (exact) mass is 301 g/mol. The second kappa shape index (κ2) is 5.14. The number of aromatic nitrogens is 3. The summed E-state index contributed by atoms with van der Waals surface area (Å²) in [5.74, 6) is 2.01. The average Bonchev–Trinajstić information content (AvgIpc) is 3.01. The van der Waals surface area contributed by atoms with Gasteiger partial charge in [-0.3, -0.25) is 0 Å². The van der Waals surface area contributed by atoms with Crippen molar-refractivity contribution in [3.05, 3.63) is 30.1 Å². The number of aliphatic hydroxyl groups is 1. The molecule has 0 spiro atoms. The van der Waals surface area contributed by atoms with Crippen LogP contribution >= 0.6 is 0 Å². The van der Waals surface area contributed by atoms with Gasteiger partial charge in [-0.15, -0.1) is 0 Å². The van der Waals surface area contributed by atoms with Crippen molar-refractivity contribution in [2.75, 3.05) is 7.11 Å². The van der Waals surface area contributed by atoms with Crippen molar-refractivity contribution in [1.29, 1.82) is 0 Å². The smallest absolute Gasteiger partial charge is 0.194 e. The topological polar surface area (TPSA) is 73.3 Å². The van der Waals surface area contributed by atoms with Crippen LogP contribution in [0.15, 0.2) is 28.9 Å². The van der Waals surface area contributed by atoms with Gasteiger partial charge in [-0.05, 0) is 32.9 Å². The molecular weight excluding hydrogens is 282 g/mol. The zero-order valence-corrected chi connectivity index (χ0v) is 13.1. The normalized spacial score (nSPS) is 12.0. The Kier molecular flexibility index (Phi) is 3.41. The van der Waals surface area contributed by atoms with Crippen molar-refractivity contribution in [3.8, 4) is 17.3 Å². The van der Waals surface area contributed by atoms with E-state index in [4.69, 9.17) is 9.15 Å². The van der Waals surface area contributed by atoms with Crippen LogP contribution in [-0.4, -0.2) is 32.6 Å². The van der Waals surface area contributed by atoms with E-state index < -0.39 is 5.60 Å². The number of rotatable bonds is 4. The van der Waals surface area contributed by atoms with Gasteiger partial charge in [0.15, 0.2) is 11.6 Å². The molecule has 0 aliphatic heterocycles. The molecule has 0 fully saturated rings. The molecule has 0 aliphatic carbocycles. The Morgan fingerprint density at radius 3 is 2.82 bits per heavy atom. The highest BCUT2D eigenvalue weighted by atomic mass is 16.5. The van der Waals surface area contributed by atoms with Crippen LogP contribution in [0.3, 0.4) is 0 Å². The van der Waals surface area contributed by atoms with Crippen molar-refractivity contribution in [2.24, 2.45) is 0 Å². The molecule has 0 aliphatic rings. The van der Waals surface area contributed by atoms with Crippen LogP contribution in [0.2, 0.25) is 0 Å². The van der Waals surface area contributed by atoms with E-state index in [2.05, 4.69) is 10.1 Å². The van der Waals surface area contributed by atoms with Crippen LogP contribution < -0.4 is 4.74 Å². The average molecular weight is 301 g/mol. The Morgan fingerprint density at radius 2 is 2.14 bits per heavy atom. The van der Waals surface area contributed by atoms with E-state index in [0.29, 0.717) is 18.1 Å². The van der Waals surface area contributed by atoms with E-state index in [-0.39, 0.29) is 0 Å². The third-order valence-corrected chi connectivity index (χ3v) is 3.50. The zero-order chi connectivity index (χ0) is 15.9. The van der Waals surface area contributed by atoms with E-state index in [9.17, 15) is 5.11 Å². The highest BCUT2D eigenvalue weighted by Crippen LogP contribution is 2.34. The summed E-state index contributed by atoms with van der Waals surface area (Å²) in [4.78, 5) is 4.29.